The summed E-state index contributed by atoms with van der Waals surface area (Å²) in [5, 5.41) is 3.46. The fourth-order valence-electron chi connectivity index (χ4n) is 2.02. The fraction of sp³-hybridized carbons (Fsp3) is 0.400. The number of H-pyrrole nitrogens is 1. The van der Waals surface area contributed by atoms with Gasteiger partial charge in [-0.1, -0.05) is 24.9 Å². The smallest absolute Gasteiger partial charge is 0.151 e. The van der Waals surface area contributed by atoms with Crippen LogP contribution in [0.4, 0.5) is 8.78 Å². The minimum absolute atomic E-state index is 0.225. The van der Waals surface area contributed by atoms with Crippen molar-refractivity contribution in [1.82, 2.24) is 15.3 Å². The van der Waals surface area contributed by atoms with Crippen LogP contribution in [-0.2, 0) is 19.5 Å². The first-order valence-electron chi connectivity index (χ1n) is 6.98. The van der Waals surface area contributed by atoms with Crippen molar-refractivity contribution < 1.29 is 8.78 Å². The number of nitrogens with one attached hydrogen (secondary N) is 2. The quantitative estimate of drug-likeness (QED) is 0.812. The molecule has 0 saturated heterocycles. The number of nitrogens with zero attached hydrogens (tertiary/aromatic N) is 1. The highest BCUT2D eigenvalue weighted by molar-refractivity contribution is 6.30. The van der Waals surface area contributed by atoms with Crippen molar-refractivity contribution in [1.29, 1.82) is 0 Å². The third-order valence-corrected chi connectivity index (χ3v) is 3.48. The van der Waals surface area contributed by atoms with E-state index in [4.69, 9.17) is 11.6 Å². The van der Waals surface area contributed by atoms with Crippen molar-refractivity contribution in [3.05, 3.63) is 52.1 Å². The van der Waals surface area contributed by atoms with Gasteiger partial charge in [0.15, 0.2) is 5.15 Å². The van der Waals surface area contributed by atoms with Gasteiger partial charge in [0.25, 0.3) is 0 Å². The molecule has 0 aliphatic carbocycles. The lowest BCUT2D eigenvalue weighted by Gasteiger charge is -2.05. The number of hydrogen-bond acceptors (Lipinski definition) is 2. The molecule has 1 heterocycles. The minimum Gasteiger partial charge on any atom is -0.344 e. The van der Waals surface area contributed by atoms with E-state index >= 15 is 0 Å². The summed E-state index contributed by atoms with van der Waals surface area (Å²) < 4.78 is 26.5. The predicted molar refractivity (Wildman–Crippen MR) is 79.1 cm³/mol. The Morgan fingerprint density at radius 1 is 1.29 bits per heavy atom. The summed E-state index contributed by atoms with van der Waals surface area (Å²) in [5.41, 5.74) is 1.05. The topological polar surface area (TPSA) is 40.7 Å². The van der Waals surface area contributed by atoms with Gasteiger partial charge in [-0.2, -0.15) is 0 Å². The lowest BCUT2D eigenvalue weighted by atomic mass is 10.2. The van der Waals surface area contributed by atoms with Crippen LogP contribution in [0.2, 0.25) is 5.15 Å². The number of imidazole rings is 1. The summed E-state index contributed by atoms with van der Waals surface area (Å²) >= 11 is 6.05. The number of benzene rings is 1. The van der Waals surface area contributed by atoms with E-state index in [0.717, 1.165) is 42.9 Å². The van der Waals surface area contributed by atoms with Crippen LogP contribution in [0.1, 0.15) is 36.8 Å². The van der Waals surface area contributed by atoms with Crippen LogP contribution >= 0.6 is 11.6 Å². The Kier molecular flexibility index (Phi) is 5.70. The molecule has 6 heteroatoms. The molecule has 2 rings (SSSR count). The van der Waals surface area contributed by atoms with Crippen molar-refractivity contribution in [3.8, 4) is 0 Å². The van der Waals surface area contributed by atoms with E-state index in [9.17, 15) is 8.78 Å². The number of aryl methyl sites for hydroxylation is 1. The van der Waals surface area contributed by atoms with Crippen LogP contribution in [0.3, 0.4) is 0 Å². The molecule has 0 spiro atoms. The van der Waals surface area contributed by atoms with Crippen molar-refractivity contribution in [2.45, 2.75) is 39.3 Å². The molecular weight excluding hydrogens is 296 g/mol. The van der Waals surface area contributed by atoms with Crippen LogP contribution in [0.5, 0.6) is 0 Å². The molecule has 2 aromatic rings. The van der Waals surface area contributed by atoms with E-state index in [0.29, 0.717) is 11.7 Å². The molecule has 2 N–H and O–H groups in total. The fourth-order valence-corrected chi connectivity index (χ4v) is 2.24. The first-order valence-corrected chi connectivity index (χ1v) is 7.36. The molecule has 0 atom stereocenters. The molecule has 3 nitrogen and oxygen atoms in total. The monoisotopic (exact) mass is 313 g/mol. The lowest BCUT2D eigenvalue weighted by Crippen LogP contribution is -2.14. The Labute approximate surface area is 127 Å². The molecule has 0 amide bonds. The average molecular weight is 314 g/mol. The maximum absolute atomic E-state index is 13.5. The summed E-state index contributed by atoms with van der Waals surface area (Å²) in [6.07, 6.45) is 2.99. The van der Waals surface area contributed by atoms with E-state index < -0.39 is 11.6 Å². The first kappa shape index (κ1) is 15.9. The molecule has 0 bridgehead atoms. The summed E-state index contributed by atoms with van der Waals surface area (Å²) in [7, 11) is 0. The maximum Gasteiger partial charge on any atom is 0.151 e. The molecule has 0 aliphatic heterocycles. The second kappa shape index (κ2) is 7.52. The Balaban J connectivity index is 1.91. The van der Waals surface area contributed by atoms with Gasteiger partial charge in [-0.05, 0) is 24.6 Å². The van der Waals surface area contributed by atoms with Crippen LogP contribution in [0.15, 0.2) is 18.2 Å². The van der Waals surface area contributed by atoms with E-state index in [1.165, 1.54) is 6.07 Å². The van der Waals surface area contributed by atoms with Gasteiger partial charge in [-0.25, -0.2) is 13.8 Å². The number of unbranched alkanes of at least 4 members (excludes halogenated alkanes) is 1. The van der Waals surface area contributed by atoms with Crippen LogP contribution in [-0.4, -0.2) is 9.97 Å². The van der Waals surface area contributed by atoms with E-state index in [1.807, 2.05) is 0 Å². The van der Waals surface area contributed by atoms with Crippen LogP contribution < -0.4 is 5.32 Å². The van der Waals surface area contributed by atoms with Gasteiger partial charge in [0.2, 0.25) is 0 Å². The highest BCUT2D eigenvalue weighted by Crippen LogP contribution is 2.15. The number of aromatic nitrogens is 2. The summed E-state index contributed by atoms with van der Waals surface area (Å²) in [6.45, 7) is 2.76. The first-order chi connectivity index (χ1) is 10.1. The Bertz CT molecular complexity index is 599. The largest absolute Gasteiger partial charge is 0.344 e. The zero-order chi connectivity index (χ0) is 15.2. The van der Waals surface area contributed by atoms with E-state index in [2.05, 4.69) is 22.2 Å². The molecule has 0 radical (unpaired) electrons. The summed E-state index contributed by atoms with van der Waals surface area (Å²) in [6, 6.07) is 3.41. The molecular formula is C15H18ClF2N3. The second-order valence-electron chi connectivity index (χ2n) is 4.90. The standard InChI is InChI=1S/C15H18ClF2N3/c1-2-3-4-14-20-13(15(16)21-14)9-19-8-10-7-11(17)5-6-12(10)18/h5-7,19H,2-4,8-9H2,1H3,(H,20,21). The normalized spacial score (nSPS) is 11.0. The van der Waals surface area contributed by atoms with E-state index in [1.54, 1.807) is 0 Å². The Morgan fingerprint density at radius 2 is 2.10 bits per heavy atom. The highest BCUT2D eigenvalue weighted by atomic mass is 35.5. The third kappa shape index (κ3) is 4.51. The summed E-state index contributed by atoms with van der Waals surface area (Å²) in [5.74, 6) is -0.0200. The molecule has 0 aliphatic rings. The van der Waals surface area contributed by atoms with Crippen molar-refractivity contribution >= 4 is 11.6 Å². The van der Waals surface area contributed by atoms with Gasteiger partial charge in [0.1, 0.15) is 17.5 Å². The molecule has 1 aromatic carbocycles. The zero-order valence-electron chi connectivity index (χ0n) is 11.8. The van der Waals surface area contributed by atoms with Crippen molar-refractivity contribution in [2.24, 2.45) is 0 Å². The lowest BCUT2D eigenvalue weighted by molar-refractivity contribution is 0.567. The Morgan fingerprint density at radius 3 is 2.86 bits per heavy atom. The average Bonchev–Trinajstić information content (AvgIpc) is 2.81. The molecule has 1 aromatic heterocycles. The number of halogens is 3. The van der Waals surface area contributed by atoms with Crippen molar-refractivity contribution in [3.63, 3.8) is 0 Å². The van der Waals surface area contributed by atoms with Gasteiger partial charge < -0.3 is 10.3 Å². The van der Waals surface area contributed by atoms with Crippen LogP contribution in [0, 0.1) is 11.6 Å². The van der Waals surface area contributed by atoms with Gasteiger partial charge >= 0.3 is 0 Å². The van der Waals surface area contributed by atoms with Gasteiger partial charge in [0, 0.05) is 25.1 Å². The van der Waals surface area contributed by atoms with E-state index in [-0.39, 0.29) is 12.1 Å². The van der Waals surface area contributed by atoms with Gasteiger partial charge in [0.05, 0.1) is 5.69 Å². The van der Waals surface area contributed by atoms with Gasteiger partial charge in [-0.3, -0.25) is 0 Å². The zero-order valence-corrected chi connectivity index (χ0v) is 12.6. The third-order valence-electron chi connectivity index (χ3n) is 3.17. The molecule has 21 heavy (non-hydrogen) atoms. The summed E-state index contributed by atoms with van der Waals surface area (Å²) in [4.78, 5) is 7.40. The number of rotatable bonds is 7. The number of hydrogen-bond donors (Lipinski definition) is 2. The van der Waals surface area contributed by atoms with Crippen molar-refractivity contribution in [2.75, 3.05) is 0 Å². The maximum atomic E-state index is 13.5. The molecule has 0 fully saturated rings. The highest BCUT2D eigenvalue weighted by Gasteiger charge is 2.08. The second-order valence-corrected chi connectivity index (χ2v) is 5.25. The Hall–Kier alpha value is -1.46. The van der Waals surface area contributed by atoms with Crippen LogP contribution in [0.25, 0.3) is 0 Å². The SMILES string of the molecule is CCCCc1nc(Cl)c(CNCc2cc(F)ccc2F)[nH]1. The molecule has 114 valence electrons. The minimum atomic E-state index is -0.449. The molecule has 0 unspecified atom stereocenters. The predicted octanol–water partition coefficient (Wildman–Crippen LogP) is 3.97. The molecule has 0 saturated carbocycles. The number of aromatic amines is 1. The van der Waals surface area contributed by atoms with Gasteiger partial charge in [-0.15, -0.1) is 0 Å².